The Hall–Kier alpha value is -1.73. The molecule has 11 heteroatoms. The van der Waals surface area contributed by atoms with E-state index in [-0.39, 0.29) is 37.1 Å². The molecule has 11 nitrogen and oxygen atoms in total. The predicted octanol–water partition coefficient (Wildman–Crippen LogP) is 1.64. The third-order valence-corrected chi connectivity index (χ3v) is 9.42. The molecule has 0 aromatic carbocycles. The van der Waals surface area contributed by atoms with Crippen LogP contribution in [0.15, 0.2) is 12.2 Å². The fourth-order valence-electron chi connectivity index (χ4n) is 6.58. The van der Waals surface area contributed by atoms with Crippen LogP contribution in [0.1, 0.15) is 67.2 Å². The standard InChI is InChI=1S/C31H51NO10/c1-9-23-18(4)29-31(6,42-29)12-10-21(34)16(2)14-20(11-13-33)28(17(3)22(35)15-24(36)40-23)41-30-27(38)25(32(7)8)26(37)19(5)39-30/h10,12-13,16-20,22-23,25-30,35,37-38H,9,11,14-15H2,1-8H3/b12-10+. The summed E-state index contributed by atoms with van der Waals surface area (Å²) in [5.41, 5.74) is -0.660. The fraction of sp³-hybridized carbons (Fsp3) is 0.839. The summed E-state index contributed by atoms with van der Waals surface area (Å²) in [7, 11) is 3.46. The van der Waals surface area contributed by atoms with E-state index < -0.39 is 78.3 Å². The smallest absolute Gasteiger partial charge is 0.308 e. The zero-order valence-corrected chi connectivity index (χ0v) is 26.2. The van der Waals surface area contributed by atoms with Gasteiger partial charge in [0.25, 0.3) is 0 Å². The number of hydrogen-bond donors (Lipinski definition) is 3. The van der Waals surface area contributed by atoms with Gasteiger partial charge < -0.3 is 44.0 Å². The van der Waals surface area contributed by atoms with Crippen LogP contribution in [0.3, 0.4) is 0 Å². The van der Waals surface area contributed by atoms with Crippen LogP contribution in [0.2, 0.25) is 0 Å². The first-order valence-electron chi connectivity index (χ1n) is 15.2. The number of carbonyl (C=O) groups is 3. The van der Waals surface area contributed by atoms with Crippen LogP contribution in [0.4, 0.5) is 0 Å². The van der Waals surface area contributed by atoms with E-state index in [2.05, 4.69) is 0 Å². The van der Waals surface area contributed by atoms with Crippen molar-refractivity contribution in [1.29, 1.82) is 0 Å². The first-order chi connectivity index (χ1) is 19.6. The molecule has 3 heterocycles. The summed E-state index contributed by atoms with van der Waals surface area (Å²) < 4.78 is 24.0. The SMILES string of the molecule is CCC1OC(=O)CC(O)C(C)C(OC2OC(C)C(O)C(N(C)C)C2O)C(CC=O)CC(C)C(=O)/C=C/C2(C)OC2C1C. The van der Waals surface area contributed by atoms with Crippen molar-refractivity contribution in [2.75, 3.05) is 14.1 Å². The molecule has 0 aliphatic carbocycles. The number of allylic oxidation sites excluding steroid dienone is 1. The molecule has 2 fully saturated rings. The number of likely N-dealkylation sites (N-methyl/N-ethyl adjacent to an activating group) is 1. The number of esters is 1. The van der Waals surface area contributed by atoms with Crippen molar-refractivity contribution in [2.45, 2.75) is 128 Å². The zero-order chi connectivity index (χ0) is 31.5. The summed E-state index contributed by atoms with van der Waals surface area (Å²) in [5, 5.41) is 33.1. The number of ether oxygens (including phenoxy) is 4. The molecule has 42 heavy (non-hydrogen) atoms. The third-order valence-electron chi connectivity index (χ3n) is 9.42. The molecule has 0 amide bonds. The molecule has 2 saturated heterocycles. The van der Waals surface area contributed by atoms with Crippen molar-refractivity contribution in [3.63, 3.8) is 0 Å². The first kappa shape index (κ1) is 34.8. The maximum absolute atomic E-state index is 13.2. The number of aldehydes is 1. The van der Waals surface area contributed by atoms with Crippen LogP contribution in [0.5, 0.6) is 0 Å². The topological polar surface area (TPSA) is 155 Å². The van der Waals surface area contributed by atoms with Crippen molar-refractivity contribution in [1.82, 2.24) is 4.90 Å². The molecule has 240 valence electrons. The Labute approximate surface area is 249 Å². The van der Waals surface area contributed by atoms with E-state index in [1.165, 1.54) is 6.08 Å². The Kier molecular flexibility index (Phi) is 11.9. The minimum atomic E-state index is -1.25. The average molecular weight is 598 g/mol. The van der Waals surface area contributed by atoms with Crippen LogP contribution in [-0.2, 0) is 33.3 Å². The highest BCUT2D eigenvalue weighted by Crippen LogP contribution is 2.45. The van der Waals surface area contributed by atoms with Gasteiger partial charge in [-0.05, 0) is 58.9 Å². The van der Waals surface area contributed by atoms with E-state index in [0.29, 0.717) is 6.42 Å². The van der Waals surface area contributed by atoms with Crippen molar-refractivity contribution in [3.8, 4) is 0 Å². The van der Waals surface area contributed by atoms with Crippen molar-refractivity contribution >= 4 is 18.0 Å². The number of hydrogen-bond acceptors (Lipinski definition) is 11. The molecule has 3 N–H and O–H groups in total. The lowest BCUT2D eigenvalue weighted by atomic mass is 9.79. The van der Waals surface area contributed by atoms with Crippen LogP contribution in [-0.4, -0.2) is 113 Å². The molecule has 14 unspecified atom stereocenters. The molecule has 0 aromatic rings. The Morgan fingerprint density at radius 3 is 2.36 bits per heavy atom. The van der Waals surface area contributed by atoms with E-state index >= 15 is 0 Å². The summed E-state index contributed by atoms with van der Waals surface area (Å²) in [5.74, 6) is -2.59. The second-order valence-corrected chi connectivity index (χ2v) is 12.9. The minimum Gasteiger partial charge on any atom is -0.462 e. The number of epoxide rings is 1. The van der Waals surface area contributed by atoms with E-state index in [0.717, 1.165) is 6.29 Å². The second kappa shape index (κ2) is 14.4. The largest absolute Gasteiger partial charge is 0.462 e. The maximum Gasteiger partial charge on any atom is 0.308 e. The van der Waals surface area contributed by atoms with Crippen LogP contribution in [0, 0.1) is 23.7 Å². The van der Waals surface area contributed by atoms with Gasteiger partial charge in [-0.15, -0.1) is 0 Å². The molecule has 0 radical (unpaired) electrons. The number of nitrogens with zero attached hydrogens (tertiary/aromatic N) is 1. The number of fused-ring (bicyclic) bond motifs is 1. The third kappa shape index (κ3) is 7.85. The summed E-state index contributed by atoms with van der Waals surface area (Å²) in [6, 6.07) is -0.696. The highest BCUT2D eigenvalue weighted by molar-refractivity contribution is 5.91. The molecule has 14 atom stereocenters. The van der Waals surface area contributed by atoms with Gasteiger partial charge in [-0.25, -0.2) is 0 Å². The number of carbonyl (C=O) groups excluding carboxylic acids is 3. The zero-order valence-electron chi connectivity index (χ0n) is 26.2. The van der Waals surface area contributed by atoms with Gasteiger partial charge >= 0.3 is 5.97 Å². The number of aliphatic hydroxyl groups is 3. The molecular weight excluding hydrogens is 546 g/mol. The Balaban J connectivity index is 1.97. The first-order valence-corrected chi connectivity index (χ1v) is 15.2. The lowest BCUT2D eigenvalue weighted by molar-refractivity contribution is -0.304. The normalized spacial score (nSPS) is 46.5. The van der Waals surface area contributed by atoms with Crippen molar-refractivity contribution in [3.05, 3.63) is 12.2 Å². The van der Waals surface area contributed by atoms with E-state index in [1.807, 2.05) is 20.8 Å². The van der Waals surface area contributed by atoms with Crippen molar-refractivity contribution < 1.29 is 48.7 Å². The summed E-state index contributed by atoms with van der Waals surface area (Å²) >= 11 is 0. The monoisotopic (exact) mass is 597 g/mol. The lowest BCUT2D eigenvalue weighted by Gasteiger charge is -2.46. The molecule has 0 bridgehead atoms. The summed E-state index contributed by atoms with van der Waals surface area (Å²) in [6.07, 6.45) is -2.34. The molecule has 0 aromatic heterocycles. The van der Waals surface area contributed by atoms with E-state index in [1.54, 1.807) is 45.8 Å². The van der Waals surface area contributed by atoms with Crippen LogP contribution >= 0.6 is 0 Å². The Morgan fingerprint density at radius 2 is 1.76 bits per heavy atom. The molecule has 3 aliphatic rings. The van der Waals surface area contributed by atoms with Gasteiger partial charge in [0.05, 0.1) is 43.0 Å². The van der Waals surface area contributed by atoms with Gasteiger partial charge in [0, 0.05) is 24.2 Å². The van der Waals surface area contributed by atoms with Gasteiger partial charge in [-0.3, -0.25) is 9.59 Å². The quantitative estimate of drug-likeness (QED) is 0.232. The van der Waals surface area contributed by atoms with Gasteiger partial charge in [0.1, 0.15) is 24.1 Å². The van der Waals surface area contributed by atoms with E-state index in [4.69, 9.17) is 18.9 Å². The predicted molar refractivity (Wildman–Crippen MR) is 153 cm³/mol. The highest BCUT2D eigenvalue weighted by Gasteiger charge is 2.55. The molecular formula is C31H51NO10. The molecule has 3 aliphatic heterocycles. The van der Waals surface area contributed by atoms with Crippen LogP contribution < -0.4 is 0 Å². The lowest BCUT2D eigenvalue weighted by Crippen LogP contribution is -2.63. The number of aliphatic hydroxyl groups excluding tert-OH is 3. The summed E-state index contributed by atoms with van der Waals surface area (Å²) in [4.78, 5) is 39.8. The summed E-state index contributed by atoms with van der Waals surface area (Å²) in [6.45, 7) is 10.9. The average Bonchev–Trinajstić information content (AvgIpc) is 3.61. The van der Waals surface area contributed by atoms with Gasteiger partial charge in [0.15, 0.2) is 12.1 Å². The van der Waals surface area contributed by atoms with E-state index in [9.17, 15) is 29.7 Å². The minimum absolute atomic E-state index is 0.0178. The number of ketones is 1. The van der Waals surface area contributed by atoms with Crippen molar-refractivity contribution in [2.24, 2.45) is 23.7 Å². The fourth-order valence-corrected chi connectivity index (χ4v) is 6.58. The highest BCUT2D eigenvalue weighted by atomic mass is 16.7. The van der Waals surface area contributed by atoms with Gasteiger partial charge in [-0.2, -0.15) is 0 Å². The molecule has 0 saturated carbocycles. The second-order valence-electron chi connectivity index (χ2n) is 12.9. The Morgan fingerprint density at radius 1 is 1.10 bits per heavy atom. The number of rotatable bonds is 6. The molecule has 0 spiro atoms. The number of cyclic esters (lactones) is 1. The maximum atomic E-state index is 13.2. The Bertz CT molecular complexity index is 973. The molecule has 3 rings (SSSR count). The van der Waals surface area contributed by atoms with Gasteiger partial charge in [-0.1, -0.05) is 27.7 Å². The van der Waals surface area contributed by atoms with Gasteiger partial charge in [0.2, 0.25) is 0 Å². The van der Waals surface area contributed by atoms with Crippen LogP contribution in [0.25, 0.3) is 0 Å².